The van der Waals surface area contributed by atoms with Gasteiger partial charge in [-0.05, 0) is 43.0 Å². The molecule has 0 amide bonds. The van der Waals surface area contributed by atoms with Crippen molar-refractivity contribution in [3.8, 4) is 23.1 Å². The van der Waals surface area contributed by atoms with Crippen molar-refractivity contribution in [3.05, 3.63) is 24.3 Å². The van der Waals surface area contributed by atoms with E-state index >= 15 is 0 Å². The molecule has 1 heterocycles. The van der Waals surface area contributed by atoms with Crippen molar-refractivity contribution in [2.75, 3.05) is 13.7 Å². The van der Waals surface area contributed by atoms with Gasteiger partial charge < -0.3 is 9.47 Å². The SMILES string of the molecule is COc1ccc(-c2nc(OCC(C)C)nn2C(=O)C2CCCC2)cc1. The molecule has 2 aromatic rings. The topological polar surface area (TPSA) is 66.2 Å². The third kappa shape index (κ3) is 4.00. The minimum absolute atomic E-state index is 0.00946. The average molecular weight is 343 g/mol. The Balaban J connectivity index is 1.93. The van der Waals surface area contributed by atoms with Gasteiger partial charge in [-0.2, -0.15) is 9.67 Å². The Labute approximate surface area is 148 Å². The van der Waals surface area contributed by atoms with Crippen LogP contribution < -0.4 is 9.47 Å². The largest absolute Gasteiger partial charge is 0.497 e. The summed E-state index contributed by atoms with van der Waals surface area (Å²) in [5.41, 5.74) is 0.819. The Bertz CT molecular complexity index is 716. The highest BCUT2D eigenvalue weighted by atomic mass is 16.5. The van der Waals surface area contributed by atoms with Crippen LogP contribution in [0, 0.1) is 11.8 Å². The van der Waals surface area contributed by atoms with Gasteiger partial charge in [0.15, 0.2) is 5.82 Å². The molecule has 1 aliphatic rings. The molecule has 1 aromatic heterocycles. The molecule has 6 nitrogen and oxygen atoms in total. The second-order valence-electron chi connectivity index (χ2n) is 6.88. The molecule has 1 fully saturated rings. The molecule has 134 valence electrons. The van der Waals surface area contributed by atoms with Crippen LogP contribution in [-0.2, 0) is 0 Å². The Hall–Kier alpha value is -2.37. The second kappa shape index (κ2) is 7.68. The lowest BCUT2D eigenvalue weighted by atomic mass is 10.1. The zero-order valence-corrected chi connectivity index (χ0v) is 15.1. The normalized spacial score (nSPS) is 14.9. The van der Waals surface area contributed by atoms with Crippen LogP contribution in [0.5, 0.6) is 11.8 Å². The molecule has 25 heavy (non-hydrogen) atoms. The molecule has 0 aliphatic heterocycles. The standard InChI is InChI=1S/C19H25N3O3/c1-13(2)12-25-19-20-17(14-8-10-16(24-3)11-9-14)22(21-19)18(23)15-6-4-5-7-15/h8-11,13,15H,4-7,12H2,1-3H3. The lowest BCUT2D eigenvalue weighted by molar-refractivity contribution is 0.0820. The third-order valence-electron chi connectivity index (χ3n) is 4.39. The first-order chi connectivity index (χ1) is 12.1. The summed E-state index contributed by atoms with van der Waals surface area (Å²) in [6.07, 6.45) is 4.03. The van der Waals surface area contributed by atoms with E-state index < -0.39 is 0 Å². The summed E-state index contributed by atoms with van der Waals surface area (Å²) in [6.45, 7) is 4.64. The van der Waals surface area contributed by atoms with E-state index in [2.05, 4.69) is 23.9 Å². The first-order valence-electron chi connectivity index (χ1n) is 8.87. The smallest absolute Gasteiger partial charge is 0.336 e. The Kier molecular flexibility index (Phi) is 5.36. The van der Waals surface area contributed by atoms with Crippen LogP contribution >= 0.6 is 0 Å². The first-order valence-corrected chi connectivity index (χ1v) is 8.87. The molecule has 0 spiro atoms. The Morgan fingerprint density at radius 2 is 1.92 bits per heavy atom. The summed E-state index contributed by atoms with van der Waals surface area (Å²) in [4.78, 5) is 17.4. The van der Waals surface area contributed by atoms with Gasteiger partial charge in [-0.1, -0.05) is 26.7 Å². The summed E-state index contributed by atoms with van der Waals surface area (Å²) >= 11 is 0. The lowest BCUT2D eigenvalue weighted by Gasteiger charge is -2.09. The van der Waals surface area contributed by atoms with Crippen molar-refractivity contribution in [2.24, 2.45) is 11.8 Å². The van der Waals surface area contributed by atoms with E-state index in [9.17, 15) is 4.79 Å². The molecule has 3 rings (SSSR count). The number of carbonyl (C=O) groups is 1. The van der Waals surface area contributed by atoms with Crippen LogP contribution in [0.4, 0.5) is 0 Å². The quantitative estimate of drug-likeness (QED) is 0.798. The molecule has 1 aliphatic carbocycles. The highest BCUT2D eigenvalue weighted by molar-refractivity contribution is 5.84. The molecule has 0 unspecified atom stereocenters. The molecule has 6 heteroatoms. The Morgan fingerprint density at radius 1 is 1.24 bits per heavy atom. The fourth-order valence-electron chi connectivity index (χ4n) is 3.02. The molecule has 1 aromatic carbocycles. The van der Waals surface area contributed by atoms with E-state index in [4.69, 9.17) is 9.47 Å². The van der Waals surface area contributed by atoms with Gasteiger partial charge in [-0.3, -0.25) is 4.79 Å². The highest BCUT2D eigenvalue weighted by Crippen LogP contribution is 2.29. The first kappa shape index (κ1) is 17.5. The summed E-state index contributed by atoms with van der Waals surface area (Å²) < 4.78 is 12.3. The minimum atomic E-state index is 0.00946. The number of hydrogen-bond donors (Lipinski definition) is 0. The van der Waals surface area contributed by atoms with E-state index in [-0.39, 0.29) is 17.8 Å². The van der Waals surface area contributed by atoms with Gasteiger partial charge in [0.05, 0.1) is 13.7 Å². The van der Waals surface area contributed by atoms with Gasteiger partial charge in [-0.25, -0.2) is 0 Å². The van der Waals surface area contributed by atoms with Crippen molar-refractivity contribution >= 4 is 5.91 Å². The van der Waals surface area contributed by atoms with E-state index in [0.29, 0.717) is 18.3 Å². The molecule has 0 atom stereocenters. The van der Waals surface area contributed by atoms with Crippen LogP contribution in [0.2, 0.25) is 0 Å². The molecule has 0 N–H and O–H groups in total. The average Bonchev–Trinajstić information content (AvgIpc) is 3.29. The predicted molar refractivity (Wildman–Crippen MR) is 94.9 cm³/mol. The maximum absolute atomic E-state index is 12.9. The van der Waals surface area contributed by atoms with Gasteiger partial charge in [0.25, 0.3) is 5.91 Å². The van der Waals surface area contributed by atoms with Gasteiger partial charge in [-0.15, -0.1) is 5.10 Å². The molecule has 0 saturated heterocycles. The zero-order chi connectivity index (χ0) is 17.8. The monoisotopic (exact) mass is 343 g/mol. The van der Waals surface area contributed by atoms with Crippen molar-refractivity contribution in [3.63, 3.8) is 0 Å². The van der Waals surface area contributed by atoms with Crippen molar-refractivity contribution in [2.45, 2.75) is 39.5 Å². The predicted octanol–water partition coefficient (Wildman–Crippen LogP) is 3.82. The van der Waals surface area contributed by atoms with Crippen molar-refractivity contribution in [1.82, 2.24) is 14.8 Å². The van der Waals surface area contributed by atoms with Gasteiger partial charge in [0.2, 0.25) is 0 Å². The Morgan fingerprint density at radius 3 is 2.52 bits per heavy atom. The summed E-state index contributed by atoms with van der Waals surface area (Å²) in [6, 6.07) is 7.72. The van der Waals surface area contributed by atoms with Gasteiger partial charge in [0.1, 0.15) is 5.75 Å². The number of benzene rings is 1. The van der Waals surface area contributed by atoms with Crippen molar-refractivity contribution < 1.29 is 14.3 Å². The second-order valence-corrected chi connectivity index (χ2v) is 6.88. The molecular weight excluding hydrogens is 318 g/mol. The number of carbonyl (C=O) groups excluding carboxylic acids is 1. The molecular formula is C19H25N3O3. The number of methoxy groups -OCH3 is 1. The van der Waals surface area contributed by atoms with Crippen LogP contribution in [0.1, 0.15) is 44.3 Å². The molecule has 0 bridgehead atoms. The van der Waals surface area contributed by atoms with Crippen LogP contribution in [-0.4, -0.2) is 34.4 Å². The summed E-state index contributed by atoms with van der Waals surface area (Å²) in [5, 5.41) is 4.35. The number of hydrogen-bond acceptors (Lipinski definition) is 5. The lowest BCUT2D eigenvalue weighted by Crippen LogP contribution is -2.21. The van der Waals surface area contributed by atoms with Crippen molar-refractivity contribution in [1.29, 1.82) is 0 Å². The molecule has 0 radical (unpaired) electrons. The maximum atomic E-state index is 12.9. The minimum Gasteiger partial charge on any atom is -0.497 e. The fraction of sp³-hybridized carbons (Fsp3) is 0.526. The van der Waals surface area contributed by atoms with Crippen LogP contribution in [0.25, 0.3) is 11.4 Å². The third-order valence-corrected chi connectivity index (χ3v) is 4.39. The zero-order valence-electron chi connectivity index (χ0n) is 15.1. The van der Waals surface area contributed by atoms with Gasteiger partial charge >= 0.3 is 6.01 Å². The van der Waals surface area contributed by atoms with E-state index in [1.165, 1.54) is 4.68 Å². The number of ether oxygens (including phenoxy) is 2. The fourth-order valence-corrected chi connectivity index (χ4v) is 3.02. The summed E-state index contributed by atoms with van der Waals surface area (Å²) in [7, 11) is 1.62. The highest BCUT2D eigenvalue weighted by Gasteiger charge is 2.28. The van der Waals surface area contributed by atoms with Crippen LogP contribution in [0.3, 0.4) is 0 Å². The molecule has 1 saturated carbocycles. The maximum Gasteiger partial charge on any atom is 0.336 e. The van der Waals surface area contributed by atoms with Crippen LogP contribution in [0.15, 0.2) is 24.3 Å². The number of aromatic nitrogens is 3. The van der Waals surface area contributed by atoms with E-state index in [1.807, 2.05) is 24.3 Å². The van der Waals surface area contributed by atoms with Gasteiger partial charge in [0, 0.05) is 11.5 Å². The number of rotatable bonds is 6. The van der Waals surface area contributed by atoms with E-state index in [0.717, 1.165) is 37.0 Å². The van der Waals surface area contributed by atoms with E-state index in [1.54, 1.807) is 7.11 Å². The number of nitrogens with zero attached hydrogens (tertiary/aromatic N) is 3. The summed E-state index contributed by atoms with van der Waals surface area (Å²) in [5.74, 6) is 1.68.